The lowest BCUT2D eigenvalue weighted by molar-refractivity contribution is -0.144. The van der Waals surface area contributed by atoms with E-state index in [1.54, 1.807) is 4.90 Å². The number of carbonyl (C=O) groups is 4. The lowest BCUT2D eigenvalue weighted by atomic mass is 9.92. The molecule has 9 nitrogen and oxygen atoms in total. The fourth-order valence-electron chi connectivity index (χ4n) is 4.51. The number of carbonyl (C=O) groups excluding carboxylic acids is 4. The SMILES string of the molecule is CCCCCOC(=O)C[C@@H](NC(C)=O)NC(=O)[C@@H]1CCCN(C(=O)CCC2CCNCC2)C1.Cl. The molecular formula is C24H43ClN4O5. The first-order chi connectivity index (χ1) is 15.9. The van der Waals surface area contributed by atoms with E-state index in [4.69, 9.17) is 4.74 Å². The maximum atomic E-state index is 12.9. The first-order valence-corrected chi connectivity index (χ1v) is 12.6. The van der Waals surface area contributed by atoms with Crippen LogP contribution >= 0.6 is 12.4 Å². The zero-order valence-electron chi connectivity index (χ0n) is 20.7. The summed E-state index contributed by atoms with van der Waals surface area (Å²) in [6.07, 6.45) is 6.96. The number of halogens is 1. The second kappa shape index (κ2) is 16.7. The standard InChI is InChI=1S/C24H42N4O5.ClH/c1-3-4-5-15-33-23(31)16-21(26-18(2)29)27-24(32)20-7-6-14-28(17-20)22(30)9-8-19-10-12-25-13-11-19;/h19-21,25H,3-17H2,1-2H3,(H,26,29)(H,27,32);1H/t20-,21+;/m1./s1. The van der Waals surface area contributed by atoms with E-state index < -0.39 is 12.1 Å². The molecular weight excluding hydrogens is 460 g/mol. The molecule has 2 fully saturated rings. The van der Waals surface area contributed by atoms with Crippen LogP contribution in [-0.4, -0.2) is 67.5 Å². The first-order valence-electron chi connectivity index (χ1n) is 12.6. The van der Waals surface area contributed by atoms with E-state index in [1.807, 2.05) is 0 Å². The number of hydrogen-bond acceptors (Lipinski definition) is 6. The molecule has 0 bridgehead atoms. The van der Waals surface area contributed by atoms with Crippen molar-refractivity contribution in [2.24, 2.45) is 11.8 Å². The molecule has 34 heavy (non-hydrogen) atoms. The minimum absolute atomic E-state index is 0. The number of rotatable bonds is 12. The Balaban J connectivity index is 0.00000578. The van der Waals surface area contributed by atoms with Gasteiger partial charge in [-0.15, -0.1) is 12.4 Å². The van der Waals surface area contributed by atoms with Crippen molar-refractivity contribution >= 4 is 36.1 Å². The van der Waals surface area contributed by atoms with E-state index >= 15 is 0 Å². The average molecular weight is 503 g/mol. The topological polar surface area (TPSA) is 117 Å². The summed E-state index contributed by atoms with van der Waals surface area (Å²) in [5.41, 5.74) is 0. The zero-order chi connectivity index (χ0) is 24.1. The number of ether oxygens (including phenoxy) is 1. The van der Waals surface area contributed by atoms with Gasteiger partial charge in [-0.3, -0.25) is 19.2 Å². The molecule has 0 saturated carbocycles. The average Bonchev–Trinajstić information content (AvgIpc) is 2.80. The summed E-state index contributed by atoms with van der Waals surface area (Å²) in [5, 5.41) is 8.74. The van der Waals surface area contributed by atoms with E-state index in [2.05, 4.69) is 22.9 Å². The van der Waals surface area contributed by atoms with E-state index in [-0.39, 0.29) is 42.5 Å². The van der Waals surface area contributed by atoms with E-state index in [1.165, 1.54) is 6.92 Å². The molecule has 0 aromatic rings. The number of esters is 1. The van der Waals surface area contributed by atoms with Crippen molar-refractivity contribution in [2.75, 3.05) is 32.8 Å². The molecule has 0 spiro atoms. The van der Waals surface area contributed by atoms with Crippen molar-refractivity contribution in [1.82, 2.24) is 20.9 Å². The van der Waals surface area contributed by atoms with Gasteiger partial charge in [0.15, 0.2) is 0 Å². The van der Waals surface area contributed by atoms with Gasteiger partial charge in [0.05, 0.1) is 18.9 Å². The van der Waals surface area contributed by atoms with Crippen molar-refractivity contribution in [3.8, 4) is 0 Å². The molecule has 0 aliphatic carbocycles. The molecule has 2 aliphatic heterocycles. The Hall–Kier alpha value is -1.87. The minimum atomic E-state index is -0.820. The molecule has 0 unspecified atom stereocenters. The van der Waals surface area contributed by atoms with Crippen LogP contribution in [0.5, 0.6) is 0 Å². The van der Waals surface area contributed by atoms with Crippen LogP contribution in [0.15, 0.2) is 0 Å². The van der Waals surface area contributed by atoms with E-state index in [9.17, 15) is 19.2 Å². The molecule has 0 aromatic carbocycles. The second-order valence-electron chi connectivity index (χ2n) is 9.30. The highest BCUT2D eigenvalue weighted by atomic mass is 35.5. The maximum absolute atomic E-state index is 12.9. The molecule has 0 aromatic heterocycles. The van der Waals surface area contributed by atoms with Gasteiger partial charge in [-0.05, 0) is 57.5 Å². The lowest BCUT2D eigenvalue weighted by Crippen LogP contribution is -2.53. The van der Waals surface area contributed by atoms with Crippen molar-refractivity contribution in [3.05, 3.63) is 0 Å². The van der Waals surface area contributed by atoms with Gasteiger partial charge in [-0.25, -0.2) is 0 Å². The monoisotopic (exact) mass is 502 g/mol. The predicted octanol–water partition coefficient (Wildman–Crippen LogP) is 2.13. The summed E-state index contributed by atoms with van der Waals surface area (Å²) in [5.74, 6) is -0.679. The van der Waals surface area contributed by atoms with E-state index in [0.717, 1.165) is 58.0 Å². The number of nitrogens with zero attached hydrogens (tertiary/aromatic N) is 1. The molecule has 2 atom stereocenters. The van der Waals surface area contributed by atoms with Crippen LogP contribution in [0, 0.1) is 11.8 Å². The van der Waals surface area contributed by atoms with Crippen molar-refractivity contribution < 1.29 is 23.9 Å². The Morgan fingerprint density at radius 2 is 1.82 bits per heavy atom. The summed E-state index contributed by atoms with van der Waals surface area (Å²) >= 11 is 0. The fraction of sp³-hybridized carbons (Fsp3) is 0.833. The van der Waals surface area contributed by atoms with Gasteiger partial charge in [0.1, 0.15) is 6.17 Å². The third kappa shape index (κ3) is 11.5. The predicted molar refractivity (Wildman–Crippen MR) is 132 cm³/mol. The Morgan fingerprint density at radius 3 is 2.50 bits per heavy atom. The Kier molecular flexibility index (Phi) is 14.8. The highest BCUT2D eigenvalue weighted by Gasteiger charge is 2.30. The van der Waals surface area contributed by atoms with Crippen LogP contribution in [0.4, 0.5) is 0 Å². The molecule has 2 rings (SSSR count). The summed E-state index contributed by atoms with van der Waals surface area (Å²) in [6.45, 7) is 6.84. The van der Waals surface area contributed by atoms with Gasteiger partial charge < -0.3 is 25.6 Å². The van der Waals surface area contributed by atoms with Gasteiger partial charge in [0.25, 0.3) is 0 Å². The molecule has 3 amide bonds. The second-order valence-corrected chi connectivity index (χ2v) is 9.30. The van der Waals surface area contributed by atoms with Crippen LogP contribution in [0.25, 0.3) is 0 Å². The number of nitrogens with one attached hydrogen (secondary N) is 3. The summed E-state index contributed by atoms with van der Waals surface area (Å²) in [6, 6.07) is 0. The minimum Gasteiger partial charge on any atom is -0.466 e. The van der Waals surface area contributed by atoms with Gasteiger partial charge in [0, 0.05) is 26.4 Å². The van der Waals surface area contributed by atoms with Crippen LogP contribution in [0.1, 0.15) is 78.1 Å². The van der Waals surface area contributed by atoms with Crippen molar-refractivity contribution in [2.45, 2.75) is 84.2 Å². The molecule has 2 heterocycles. The smallest absolute Gasteiger partial charge is 0.309 e. The fourth-order valence-corrected chi connectivity index (χ4v) is 4.51. The van der Waals surface area contributed by atoms with Crippen LogP contribution in [0.2, 0.25) is 0 Å². The molecule has 2 saturated heterocycles. The largest absolute Gasteiger partial charge is 0.466 e. The number of piperidine rings is 2. The lowest BCUT2D eigenvalue weighted by Gasteiger charge is -2.33. The van der Waals surface area contributed by atoms with Crippen molar-refractivity contribution in [1.29, 1.82) is 0 Å². The zero-order valence-corrected chi connectivity index (χ0v) is 21.6. The molecule has 2 aliphatic rings. The number of unbranched alkanes of at least 4 members (excludes halogenated alkanes) is 2. The van der Waals surface area contributed by atoms with Crippen LogP contribution < -0.4 is 16.0 Å². The van der Waals surface area contributed by atoms with Gasteiger partial charge in [-0.2, -0.15) is 0 Å². The number of likely N-dealkylation sites (tertiary alicyclic amines) is 1. The number of amides is 3. The van der Waals surface area contributed by atoms with Gasteiger partial charge in [-0.1, -0.05) is 19.8 Å². The van der Waals surface area contributed by atoms with Crippen LogP contribution in [0.3, 0.4) is 0 Å². The molecule has 3 N–H and O–H groups in total. The van der Waals surface area contributed by atoms with Gasteiger partial charge in [0.2, 0.25) is 17.7 Å². The quantitative estimate of drug-likeness (QED) is 0.214. The highest BCUT2D eigenvalue weighted by molar-refractivity contribution is 5.85. The third-order valence-electron chi connectivity index (χ3n) is 6.45. The maximum Gasteiger partial charge on any atom is 0.309 e. The molecule has 196 valence electrons. The molecule has 10 heteroatoms. The number of hydrogen-bond donors (Lipinski definition) is 3. The summed E-state index contributed by atoms with van der Waals surface area (Å²) in [7, 11) is 0. The van der Waals surface area contributed by atoms with Crippen LogP contribution in [-0.2, 0) is 23.9 Å². The third-order valence-corrected chi connectivity index (χ3v) is 6.45. The highest BCUT2D eigenvalue weighted by Crippen LogP contribution is 2.21. The Morgan fingerprint density at radius 1 is 1.09 bits per heavy atom. The normalized spacial score (nSPS) is 19.5. The Labute approximate surface area is 209 Å². The van der Waals surface area contributed by atoms with Gasteiger partial charge >= 0.3 is 5.97 Å². The van der Waals surface area contributed by atoms with E-state index in [0.29, 0.717) is 38.5 Å². The molecule has 0 radical (unpaired) electrons. The first kappa shape index (κ1) is 30.2. The summed E-state index contributed by atoms with van der Waals surface area (Å²) in [4.78, 5) is 51.1. The van der Waals surface area contributed by atoms with Crippen molar-refractivity contribution in [3.63, 3.8) is 0 Å². The Bertz CT molecular complexity index is 657. The summed E-state index contributed by atoms with van der Waals surface area (Å²) < 4.78 is 5.21.